The van der Waals surface area contributed by atoms with E-state index in [-0.39, 0.29) is 12.2 Å². The average Bonchev–Trinajstić information content (AvgIpc) is 2.44. The summed E-state index contributed by atoms with van der Waals surface area (Å²) in [5, 5.41) is 9.77. The Morgan fingerprint density at radius 2 is 1.89 bits per heavy atom. The van der Waals surface area contributed by atoms with E-state index in [1.165, 1.54) is 7.11 Å². The van der Waals surface area contributed by atoms with Crippen LogP contribution in [0.15, 0.2) is 30.3 Å². The molecule has 0 aromatic heterocycles. The lowest BCUT2D eigenvalue weighted by atomic mass is 9.97. The molecule has 4 heteroatoms. The molecular weight excluding hydrogens is 244 g/mol. The van der Waals surface area contributed by atoms with Gasteiger partial charge in [-0.05, 0) is 18.9 Å². The van der Waals surface area contributed by atoms with E-state index in [4.69, 9.17) is 0 Å². The van der Waals surface area contributed by atoms with Crippen molar-refractivity contribution in [3.8, 4) is 0 Å². The fourth-order valence-corrected chi connectivity index (χ4v) is 1.78. The molecule has 0 fully saturated rings. The number of Topliss-reactive ketones (excluding diaryl/α,β-unsaturated/α-hetero) is 1. The number of esters is 1. The van der Waals surface area contributed by atoms with Gasteiger partial charge in [0.1, 0.15) is 5.78 Å². The van der Waals surface area contributed by atoms with Crippen LogP contribution in [-0.2, 0) is 20.7 Å². The van der Waals surface area contributed by atoms with Crippen LogP contribution in [0.5, 0.6) is 0 Å². The molecule has 4 nitrogen and oxygen atoms in total. The van der Waals surface area contributed by atoms with Crippen molar-refractivity contribution >= 4 is 11.8 Å². The van der Waals surface area contributed by atoms with E-state index in [0.717, 1.165) is 5.56 Å². The summed E-state index contributed by atoms with van der Waals surface area (Å²) in [6.07, 6.45) is 0.0348. The fraction of sp³-hybridized carbons (Fsp3) is 0.467. The smallest absolute Gasteiger partial charge is 0.311 e. The van der Waals surface area contributed by atoms with Crippen molar-refractivity contribution < 1.29 is 19.4 Å². The van der Waals surface area contributed by atoms with E-state index in [1.54, 1.807) is 6.92 Å². The third-order valence-electron chi connectivity index (χ3n) is 3.12. The van der Waals surface area contributed by atoms with Crippen LogP contribution in [-0.4, -0.2) is 30.1 Å². The third-order valence-corrected chi connectivity index (χ3v) is 3.12. The first-order valence-electron chi connectivity index (χ1n) is 6.36. The second-order valence-corrected chi connectivity index (χ2v) is 4.61. The van der Waals surface area contributed by atoms with Gasteiger partial charge >= 0.3 is 5.97 Å². The second kappa shape index (κ2) is 7.69. The Balaban J connectivity index is 2.37. The zero-order chi connectivity index (χ0) is 14.3. The molecule has 0 bridgehead atoms. The van der Waals surface area contributed by atoms with E-state index in [1.807, 2.05) is 30.3 Å². The van der Waals surface area contributed by atoms with Crippen LogP contribution >= 0.6 is 0 Å². The quantitative estimate of drug-likeness (QED) is 0.762. The molecule has 104 valence electrons. The van der Waals surface area contributed by atoms with Crippen LogP contribution in [0.1, 0.15) is 25.3 Å². The highest BCUT2D eigenvalue weighted by molar-refractivity contribution is 5.80. The maximum Gasteiger partial charge on any atom is 0.311 e. The molecule has 19 heavy (non-hydrogen) atoms. The van der Waals surface area contributed by atoms with Crippen molar-refractivity contribution in [1.82, 2.24) is 0 Å². The Morgan fingerprint density at radius 3 is 2.47 bits per heavy atom. The van der Waals surface area contributed by atoms with E-state index in [2.05, 4.69) is 4.74 Å². The molecule has 0 amide bonds. The molecule has 0 saturated carbocycles. The highest BCUT2D eigenvalue weighted by Crippen LogP contribution is 2.12. The standard InChI is InChI=1S/C15H20O4/c1-11(15(18)19-2)14(17)10-13(16)9-8-12-6-4-3-5-7-12/h3-7,11,14,17H,8-10H2,1-2H3/t11-,14+/m1/s1. The molecule has 1 aromatic rings. The van der Waals surface area contributed by atoms with E-state index in [0.29, 0.717) is 12.8 Å². The van der Waals surface area contributed by atoms with Crippen LogP contribution in [0.25, 0.3) is 0 Å². The van der Waals surface area contributed by atoms with Gasteiger partial charge in [0, 0.05) is 12.8 Å². The highest BCUT2D eigenvalue weighted by Gasteiger charge is 2.24. The summed E-state index contributed by atoms with van der Waals surface area (Å²) < 4.78 is 4.53. The molecule has 0 aliphatic rings. The number of aryl methyl sites for hydroxylation is 1. The Morgan fingerprint density at radius 1 is 1.26 bits per heavy atom. The van der Waals surface area contributed by atoms with Crippen LogP contribution in [0, 0.1) is 5.92 Å². The fourth-order valence-electron chi connectivity index (χ4n) is 1.78. The van der Waals surface area contributed by atoms with Gasteiger partial charge in [0.15, 0.2) is 0 Å². The molecule has 0 aliphatic carbocycles. The molecule has 2 atom stereocenters. The van der Waals surface area contributed by atoms with E-state index < -0.39 is 18.0 Å². The number of rotatable bonds is 7. The number of carbonyl (C=O) groups excluding carboxylic acids is 2. The van der Waals surface area contributed by atoms with Crippen LogP contribution < -0.4 is 0 Å². The van der Waals surface area contributed by atoms with Gasteiger partial charge in [0.2, 0.25) is 0 Å². The molecule has 0 radical (unpaired) electrons. The van der Waals surface area contributed by atoms with Gasteiger partial charge in [-0.3, -0.25) is 9.59 Å². The molecule has 1 rings (SSSR count). The Hall–Kier alpha value is -1.68. The first kappa shape index (κ1) is 15.4. The highest BCUT2D eigenvalue weighted by atomic mass is 16.5. The minimum atomic E-state index is -0.976. The SMILES string of the molecule is COC(=O)[C@H](C)[C@@H](O)CC(=O)CCc1ccccc1. The number of hydrogen-bond acceptors (Lipinski definition) is 4. The van der Waals surface area contributed by atoms with Crippen LogP contribution in [0.3, 0.4) is 0 Å². The topological polar surface area (TPSA) is 63.6 Å². The molecule has 0 spiro atoms. The van der Waals surface area contributed by atoms with Crippen molar-refractivity contribution in [1.29, 1.82) is 0 Å². The van der Waals surface area contributed by atoms with Crippen molar-refractivity contribution in [2.24, 2.45) is 5.92 Å². The van der Waals surface area contributed by atoms with E-state index in [9.17, 15) is 14.7 Å². The summed E-state index contributed by atoms with van der Waals surface area (Å²) >= 11 is 0. The number of ether oxygens (including phenoxy) is 1. The molecule has 0 unspecified atom stereocenters. The number of methoxy groups -OCH3 is 1. The van der Waals surface area contributed by atoms with Crippen molar-refractivity contribution in [3.63, 3.8) is 0 Å². The lowest BCUT2D eigenvalue weighted by molar-refractivity contribution is -0.149. The molecule has 1 aromatic carbocycles. The lowest BCUT2D eigenvalue weighted by Crippen LogP contribution is -2.28. The molecule has 0 saturated heterocycles. The minimum Gasteiger partial charge on any atom is -0.469 e. The number of ketones is 1. The minimum absolute atomic E-state index is 0.0108. The molecule has 1 N–H and O–H groups in total. The number of aliphatic hydroxyl groups excluding tert-OH is 1. The predicted molar refractivity (Wildman–Crippen MR) is 71.6 cm³/mol. The van der Waals surface area contributed by atoms with Gasteiger partial charge in [-0.1, -0.05) is 30.3 Å². The predicted octanol–water partition coefficient (Wildman–Crippen LogP) is 1.75. The molecule has 0 aliphatic heterocycles. The summed E-state index contributed by atoms with van der Waals surface area (Å²) in [7, 11) is 1.27. The van der Waals surface area contributed by atoms with E-state index >= 15 is 0 Å². The first-order chi connectivity index (χ1) is 9.04. The van der Waals surface area contributed by atoms with Gasteiger partial charge < -0.3 is 9.84 Å². The molecular formula is C15H20O4. The number of aliphatic hydroxyl groups is 1. The summed E-state index contributed by atoms with van der Waals surface area (Å²) in [5.74, 6) is -1.22. The van der Waals surface area contributed by atoms with Crippen LogP contribution in [0.4, 0.5) is 0 Å². The largest absolute Gasteiger partial charge is 0.469 e. The number of hydrogen-bond donors (Lipinski definition) is 1. The third kappa shape index (κ3) is 5.22. The monoisotopic (exact) mass is 264 g/mol. The average molecular weight is 264 g/mol. The molecule has 0 heterocycles. The Bertz CT molecular complexity index is 413. The maximum atomic E-state index is 11.7. The maximum absolute atomic E-state index is 11.7. The zero-order valence-electron chi connectivity index (χ0n) is 11.3. The van der Waals surface area contributed by atoms with Gasteiger partial charge in [-0.2, -0.15) is 0 Å². The van der Waals surface area contributed by atoms with Gasteiger partial charge in [0.25, 0.3) is 0 Å². The van der Waals surface area contributed by atoms with Crippen molar-refractivity contribution in [2.45, 2.75) is 32.3 Å². The number of benzene rings is 1. The zero-order valence-corrected chi connectivity index (χ0v) is 11.3. The summed E-state index contributed by atoms with van der Waals surface area (Å²) in [6, 6.07) is 9.69. The summed E-state index contributed by atoms with van der Waals surface area (Å²) in [5.41, 5.74) is 1.09. The van der Waals surface area contributed by atoms with Gasteiger partial charge in [0.05, 0.1) is 19.1 Å². The van der Waals surface area contributed by atoms with Crippen molar-refractivity contribution in [3.05, 3.63) is 35.9 Å². The van der Waals surface area contributed by atoms with Crippen LogP contribution in [0.2, 0.25) is 0 Å². The van der Waals surface area contributed by atoms with Gasteiger partial charge in [-0.15, -0.1) is 0 Å². The summed E-state index contributed by atoms with van der Waals surface area (Å²) in [6.45, 7) is 1.56. The number of carbonyl (C=O) groups is 2. The Labute approximate surface area is 113 Å². The van der Waals surface area contributed by atoms with Gasteiger partial charge in [-0.25, -0.2) is 0 Å². The lowest BCUT2D eigenvalue weighted by Gasteiger charge is -2.15. The normalized spacial score (nSPS) is 13.6. The Kier molecular flexibility index (Phi) is 6.22. The van der Waals surface area contributed by atoms with Crippen molar-refractivity contribution in [2.75, 3.05) is 7.11 Å². The summed E-state index contributed by atoms with van der Waals surface area (Å²) in [4.78, 5) is 23.0. The second-order valence-electron chi connectivity index (χ2n) is 4.61. The first-order valence-corrected chi connectivity index (χ1v) is 6.36.